The van der Waals surface area contributed by atoms with Crippen LogP contribution in [0.15, 0.2) is 59.5 Å². The van der Waals surface area contributed by atoms with Crippen LogP contribution >= 0.6 is 22.9 Å². The number of carbonyl (C=O) groups excluding carboxylic acids is 2. The number of sulfone groups is 1. The Hall–Kier alpha value is -2.72. The molecule has 1 aliphatic heterocycles. The van der Waals surface area contributed by atoms with Crippen molar-refractivity contribution in [3.05, 3.63) is 81.2 Å². The maximum absolute atomic E-state index is 12.7. The van der Waals surface area contributed by atoms with Gasteiger partial charge in [-0.2, -0.15) is 0 Å². The SMILES string of the molecule is COC(=O)c1c(NC(=O)CCCS(=O)(=O)c2ccc(Cl)cc2)sc2c1CCN(Cc1ccccc1)C2. The topological polar surface area (TPSA) is 92.8 Å². The summed E-state index contributed by atoms with van der Waals surface area (Å²) in [5.74, 6) is -0.989. The Kier molecular flexibility index (Phi) is 8.46. The van der Waals surface area contributed by atoms with Crippen molar-refractivity contribution in [2.45, 2.75) is 37.2 Å². The summed E-state index contributed by atoms with van der Waals surface area (Å²) >= 11 is 7.21. The minimum absolute atomic E-state index is 0.0101. The van der Waals surface area contributed by atoms with Crippen LogP contribution in [0.4, 0.5) is 5.00 Å². The van der Waals surface area contributed by atoms with E-state index in [4.69, 9.17) is 16.3 Å². The van der Waals surface area contributed by atoms with E-state index in [0.29, 0.717) is 28.6 Å². The zero-order valence-corrected chi connectivity index (χ0v) is 22.2. The molecule has 7 nitrogen and oxygen atoms in total. The Bertz CT molecular complexity index is 1340. The van der Waals surface area contributed by atoms with Crippen LogP contribution in [0.1, 0.15) is 39.2 Å². The van der Waals surface area contributed by atoms with Gasteiger partial charge in [-0.1, -0.05) is 41.9 Å². The number of esters is 1. The van der Waals surface area contributed by atoms with Crippen molar-refractivity contribution in [3.63, 3.8) is 0 Å². The molecule has 0 saturated carbocycles. The number of ether oxygens (including phenoxy) is 1. The van der Waals surface area contributed by atoms with E-state index in [1.807, 2.05) is 18.2 Å². The van der Waals surface area contributed by atoms with Crippen LogP contribution in [0.5, 0.6) is 0 Å². The molecule has 0 radical (unpaired) electrons. The van der Waals surface area contributed by atoms with E-state index in [1.165, 1.54) is 48.3 Å². The minimum Gasteiger partial charge on any atom is -0.465 e. The monoisotopic (exact) mass is 546 g/mol. The Labute approximate surface area is 220 Å². The predicted octanol–water partition coefficient (Wildman–Crippen LogP) is 4.94. The number of anilines is 1. The number of carbonyl (C=O) groups is 2. The fraction of sp³-hybridized carbons (Fsp3) is 0.308. The number of hydrogen-bond donors (Lipinski definition) is 1. The molecule has 1 aromatic heterocycles. The van der Waals surface area contributed by atoms with Crippen molar-refractivity contribution in [1.29, 1.82) is 0 Å². The number of fused-ring (bicyclic) bond motifs is 1. The molecule has 1 aliphatic rings. The molecule has 0 saturated heterocycles. The summed E-state index contributed by atoms with van der Waals surface area (Å²) in [6.45, 7) is 2.27. The first-order valence-corrected chi connectivity index (χ1v) is 14.4. The average molecular weight is 547 g/mol. The number of nitrogens with one attached hydrogen (secondary N) is 1. The second kappa shape index (κ2) is 11.6. The van der Waals surface area contributed by atoms with Crippen LogP contribution in [0.3, 0.4) is 0 Å². The number of thiophene rings is 1. The molecule has 1 N–H and O–H groups in total. The third-order valence-corrected chi connectivity index (χ3v) is 9.22. The summed E-state index contributed by atoms with van der Waals surface area (Å²) in [4.78, 5) is 28.8. The highest BCUT2D eigenvalue weighted by Gasteiger charge is 2.29. The maximum Gasteiger partial charge on any atom is 0.341 e. The van der Waals surface area contributed by atoms with Crippen molar-refractivity contribution < 1.29 is 22.7 Å². The lowest BCUT2D eigenvalue weighted by Gasteiger charge is -2.27. The first-order valence-electron chi connectivity index (χ1n) is 11.5. The van der Waals surface area contributed by atoms with E-state index < -0.39 is 15.8 Å². The summed E-state index contributed by atoms with van der Waals surface area (Å²) in [5.41, 5.74) is 2.53. The number of nitrogens with zero attached hydrogens (tertiary/aromatic N) is 1. The largest absolute Gasteiger partial charge is 0.465 e. The van der Waals surface area contributed by atoms with Gasteiger partial charge in [0.1, 0.15) is 5.00 Å². The van der Waals surface area contributed by atoms with E-state index in [-0.39, 0.29) is 29.4 Å². The molecule has 0 atom stereocenters. The highest BCUT2D eigenvalue weighted by molar-refractivity contribution is 7.91. The molecule has 4 rings (SSSR count). The van der Waals surface area contributed by atoms with E-state index >= 15 is 0 Å². The zero-order chi connectivity index (χ0) is 25.7. The van der Waals surface area contributed by atoms with E-state index in [1.54, 1.807) is 0 Å². The van der Waals surface area contributed by atoms with Gasteiger partial charge in [-0.3, -0.25) is 9.69 Å². The second-order valence-electron chi connectivity index (χ2n) is 8.57. The molecule has 0 bridgehead atoms. The predicted molar refractivity (Wildman–Crippen MR) is 141 cm³/mol. The van der Waals surface area contributed by atoms with Gasteiger partial charge in [-0.05, 0) is 48.2 Å². The van der Waals surface area contributed by atoms with Crippen LogP contribution in [0.2, 0.25) is 5.02 Å². The van der Waals surface area contributed by atoms with E-state index in [2.05, 4.69) is 22.3 Å². The number of rotatable bonds is 9. The van der Waals surface area contributed by atoms with Gasteiger partial charge in [0, 0.05) is 36.0 Å². The number of amides is 1. The highest BCUT2D eigenvalue weighted by atomic mass is 35.5. The molecule has 36 heavy (non-hydrogen) atoms. The van der Waals surface area contributed by atoms with Crippen molar-refractivity contribution in [2.75, 3.05) is 24.7 Å². The summed E-state index contributed by atoms with van der Waals surface area (Å²) in [6, 6.07) is 16.1. The number of hydrogen-bond acceptors (Lipinski definition) is 7. The van der Waals surface area contributed by atoms with Crippen molar-refractivity contribution in [2.24, 2.45) is 0 Å². The van der Waals surface area contributed by atoms with Gasteiger partial charge in [-0.15, -0.1) is 11.3 Å². The zero-order valence-electron chi connectivity index (χ0n) is 19.8. The van der Waals surface area contributed by atoms with Gasteiger partial charge >= 0.3 is 5.97 Å². The normalized spacial score (nSPS) is 13.7. The highest BCUT2D eigenvalue weighted by Crippen LogP contribution is 2.38. The van der Waals surface area contributed by atoms with E-state index in [0.717, 1.165) is 23.5 Å². The van der Waals surface area contributed by atoms with Gasteiger partial charge in [0.05, 0.1) is 23.3 Å². The van der Waals surface area contributed by atoms with Gasteiger partial charge in [0.25, 0.3) is 0 Å². The Morgan fingerprint density at radius 2 is 1.83 bits per heavy atom. The lowest BCUT2D eigenvalue weighted by Crippen LogP contribution is -2.29. The smallest absolute Gasteiger partial charge is 0.341 e. The molecule has 1 amide bonds. The summed E-state index contributed by atoms with van der Waals surface area (Å²) in [7, 11) is -2.20. The fourth-order valence-electron chi connectivity index (χ4n) is 4.21. The lowest BCUT2D eigenvalue weighted by molar-refractivity contribution is -0.116. The van der Waals surface area contributed by atoms with Gasteiger partial charge in [-0.25, -0.2) is 13.2 Å². The van der Waals surface area contributed by atoms with Gasteiger partial charge in [0.2, 0.25) is 5.91 Å². The standard InChI is InChI=1S/C26H27ClN2O5S2/c1-34-26(31)24-21-13-14-29(16-18-6-3-2-4-7-18)17-22(21)35-25(24)28-23(30)8-5-15-36(32,33)20-11-9-19(27)10-12-20/h2-4,6-7,9-12H,5,8,13-17H2,1H3,(H,28,30). The van der Waals surface area contributed by atoms with Crippen LogP contribution in [0, 0.1) is 0 Å². The number of methoxy groups -OCH3 is 1. The third kappa shape index (κ3) is 6.34. The molecule has 3 aromatic rings. The molecule has 0 spiro atoms. The first-order chi connectivity index (χ1) is 17.3. The molecular weight excluding hydrogens is 520 g/mol. The van der Waals surface area contributed by atoms with Crippen LogP contribution in [-0.4, -0.2) is 44.6 Å². The molecule has 10 heteroatoms. The molecule has 0 fully saturated rings. The molecule has 0 aliphatic carbocycles. The molecule has 2 heterocycles. The van der Waals surface area contributed by atoms with E-state index in [9.17, 15) is 18.0 Å². The Balaban J connectivity index is 1.41. The van der Waals surface area contributed by atoms with Gasteiger partial charge < -0.3 is 10.1 Å². The third-order valence-electron chi connectivity index (χ3n) is 6.02. The summed E-state index contributed by atoms with van der Waals surface area (Å²) in [6.07, 6.45) is 0.842. The van der Waals surface area contributed by atoms with Crippen molar-refractivity contribution >= 4 is 49.7 Å². The number of halogens is 1. The molecule has 2 aromatic carbocycles. The van der Waals surface area contributed by atoms with Crippen LogP contribution < -0.4 is 5.32 Å². The number of benzene rings is 2. The quantitative estimate of drug-likeness (QED) is 0.382. The average Bonchev–Trinajstić information content (AvgIpc) is 3.21. The molecular formula is C26H27ClN2O5S2. The molecule has 0 unspecified atom stereocenters. The molecule has 190 valence electrons. The second-order valence-corrected chi connectivity index (χ2v) is 12.2. The summed E-state index contributed by atoms with van der Waals surface area (Å²) < 4.78 is 30.0. The Morgan fingerprint density at radius 1 is 1.11 bits per heavy atom. The summed E-state index contributed by atoms with van der Waals surface area (Å²) in [5, 5.41) is 3.74. The Morgan fingerprint density at radius 3 is 2.53 bits per heavy atom. The van der Waals surface area contributed by atoms with Gasteiger partial charge in [0.15, 0.2) is 9.84 Å². The van der Waals surface area contributed by atoms with Crippen LogP contribution in [-0.2, 0) is 38.9 Å². The van der Waals surface area contributed by atoms with Crippen molar-refractivity contribution in [1.82, 2.24) is 4.90 Å². The minimum atomic E-state index is -3.52. The van der Waals surface area contributed by atoms with Crippen LogP contribution in [0.25, 0.3) is 0 Å². The van der Waals surface area contributed by atoms with Crippen molar-refractivity contribution in [3.8, 4) is 0 Å². The fourth-order valence-corrected chi connectivity index (χ4v) is 6.94. The maximum atomic E-state index is 12.7. The first kappa shape index (κ1) is 26.3. The lowest BCUT2D eigenvalue weighted by atomic mass is 10.0.